The molecule has 0 saturated carbocycles. The van der Waals surface area contributed by atoms with Gasteiger partial charge in [0, 0.05) is 37.4 Å². The van der Waals surface area contributed by atoms with Gasteiger partial charge < -0.3 is 4.40 Å². The van der Waals surface area contributed by atoms with Crippen LogP contribution in [0.25, 0.3) is 38.6 Å². The van der Waals surface area contributed by atoms with Gasteiger partial charge in [0.15, 0.2) is 0 Å². The molecule has 0 atom stereocenters. The number of hydrogen-bond acceptors (Lipinski definition) is 1. The minimum absolute atomic E-state index is 0. The van der Waals surface area contributed by atoms with Crippen LogP contribution in [0.2, 0.25) is 0 Å². The van der Waals surface area contributed by atoms with Gasteiger partial charge in [-0.2, -0.15) is 0 Å². The molecule has 3 aromatic carbocycles. The summed E-state index contributed by atoms with van der Waals surface area (Å²) in [6.45, 7) is 4.27. The summed E-state index contributed by atoms with van der Waals surface area (Å²) < 4.78 is 2.20. The van der Waals surface area contributed by atoms with Crippen LogP contribution in [0.15, 0.2) is 66.9 Å². The van der Waals surface area contributed by atoms with E-state index in [4.69, 9.17) is 4.98 Å². The Kier molecular flexibility index (Phi) is 4.14. The smallest absolute Gasteiger partial charge is 0.0774 e. The summed E-state index contributed by atoms with van der Waals surface area (Å²) in [4.78, 5) is 4.98. The van der Waals surface area contributed by atoms with Crippen LogP contribution in [-0.4, -0.2) is 9.38 Å². The van der Waals surface area contributed by atoms with Gasteiger partial charge in [0.25, 0.3) is 0 Å². The van der Waals surface area contributed by atoms with E-state index in [9.17, 15) is 0 Å². The fourth-order valence-electron chi connectivity index (χ4n) is 3.73. The maximum absolute atomic E-state index is 4.98. The predicted octanol–water partition coefficient (Wildman–Crippen LogP) is 5.72. The second-order valence-corrected chi connectivity index (χ2v) is 6.61. The fraction of sp³-hybridized carbons (Fsp3) is 0.0870. The molecule has 2 heterocycles. The summed E-state index contributed by atoms with van der Waals surface area (Å²) in [5.41, 5.74) is 6.85. The number of hydrogen-bond donors (Lipinski definition) is 0. The number of aromatic nitrogens is 2. The van der Waals surface area contributed by atoms with Crippen molar-refractivity contribution in [3.63, 3.8) is 0 Å². The molecule has 0 N–H and O–H groups in total. The summed E-state index contributed by atoms with van der Waals surface area (Å²) in [7, 11) is 0. The van der Waals surface area contributed by atoms with E-state index in [1.54, 1.807) is 0 Å². The Balaban J connectivity index is 0.00000168. The molecule has 5 aromatic rings. The first kappa shape index (κ1) is 17.0. The molecular formula is C23H17IrN2-. The second-order valence-electron chi connectivity index (χ2n) is 6.61. The summed E-state index contributed by atoms with van der Waals surface area (Å²) in [6, 6.07) is 24.6. The van der Waals surface area contributed by atoms with Gasteiger partial charge in [0.05, 0.1) is 11.3 Å². The molecule has 0 aliphatic carbocycles. The van der Waals surface area contributed by atoms with Gasteiger partial charge in [0.1, 0.15) is 0 Å². The van der Waals surface area contributed by atoms with E-state index in [2.05, 4.69) is 79.0 Å². The molecule has 0 saturated heterocycles. The van der Waals surface area contributed by atoms with Gasteiger partial charge in [-0.25, -0.2) is 0 Å². The third-order valence-corrected chi connectivity index (χ3v) is 4.90. The summed E-state index contributed by atoms with van der Waals surface area (Å²) in [5, 5.41) is 3.49. The zero-order valence-corrected chi connectivity index (χ0v) is 17.0. The number of imidazole rings is 1. The van der Waals surface area contributed by atoms with Crippen molar-refractivity contribution in [2.24, 2.45) is 0 Å². The summed E-state index contributed by atoms with van der Waals surface area (Å²) in [6.07, 6.45) is 2.15. The largest absolute Gasteiger partial charge is 0.339 e. The third-order valence-electron chi connectivity index (χ3n) is 4.90. The third kappa shape index (κ3) is 2.47. The van der Waals surface area contributed by atoms with Crippen molar-refractivity contribution >= 4 is 27.3 Å². The van der Waals surface area contributed by atoms with E-state index in [0.717, 1.165) is 16.7 Å². The first-order valence-electron chi connectivity index (χ1n) is 8.50. The number of benzene rings is 3. The van der Waals surface area contributed by atoms with Gasteiger partial charge in [-0.05, 0) is 30.9 Å². The Morgan fingerprint density at radius 2 is 1.73 bits per heavy atom. The molecule has 0 fully saturated rings. The van der Waals surface area contributed by atoms with Crippen molar-refractivity contribution in [3.8, 4) is 11.3 Å². The number of nitrogens with zero attached hydrogens (tertiary/aromatic N) is 2. The quantitative estimate of drug-likeness (QED) is 0.207. The average molecular weight is 514 g/mol. The molecule has 2 aromatic heterocycles. The van der Waals surface area contributed by atoms with E-state index in [0.29, 0.717) is 0 Å². The number of pyridine rings is 1. The summed E-state index contributed by atoms with van der Waals surface area (Å²) in [5.74, 6) is 0. The molecular weight excluding hydrogens is 496 g/mol. The number of rotatable bonds is 1. The number of para-hydroxylation sites is 1. The SMILES string of the molecule is Cc1ccc(-c2cn3c4ccccc4c4ccc[c-]c4c3n2)c(C)c1.[Ir]. The standard InChI is InChI=1S/C23H17N2.Ir/c1-15-11-12-17(16(2)13-15)21-14-25-22-10-6-5-8-19(22)18-7-3-4-9-20(18)23(25)24-21;/h3-8,10-14H,1-2H3;/q-1;. The minimum atomic E-state index is 0. The molecule has 0 spiro atoms. The van der Waals surface area contributed by atoms with Crippen molar-refractivity contribution in [1.29, 1.82) is 0 Å². The van der Waals surface area contributed by atoms with Crippen molar-refractivity contribution in [3.05, 3.63) is 84.1 Å². The topological polar surface area (TPSA) is 17.3 Å². The first-order chi connectivity index (χ1) is 12.2. The zero-order valence-electron chi connectivity index (χ0n) is 14.6. The van der Waals surface area contributed by atoms with E-state index < -0.39 is 0 Å². The van der Waals surface area contributed by atoms with Gasteiger partial charge in [-0.15, -0.1) is 29.7 Å². The van der Waals surface area contributed by atoms with Crippen LogP contribution in [0.5, 0.6) is 0 Å². The number of fused-ring (bicyclic) bond motifs is 6. The van der Waals surface area contributed by atoms with Crippen LogP contribution in [0, 0.1) is 19.9 Å². The molecule has 129 valence electrons. The molecule has 0 bridgehead atoms. The maximum Gasteiger partial charge on any atom is 0.0774 e. The molecule has 2 nitrogen and oxygen atoms in total. The maximum atomic E-state index is 4.98. The van der Waals surface area contributed by atoms with E-state index in [1.165, 1.54) is 33.0 Å². The molecule has 5 rings (SSSR count). The molecule has 1 radical (unpaired) electrons. The molecule has 0 amide bonds. The molecule has 0 aliphatic heterocycles. The molecule has 3 heteroatoms. The number of aryl methyl sites for hydroxylation is 2. The normalized spacial score (nSPS) is 11.2. The first-order valence-corrected chi connectivity index (χ1v) is 8.50. The Bertz CT molecular complexity index is 1190. The minimum Gasteiger partial charge on any atom is -0.339 e. The van der Waals surface area contributed by atoms with Crippen LogP contribution < -0.4 is 0 Å². The van der Waals surface area contributed by atoms with Crippen molar-refractivity contribution in [2.75, 3.05) is 0 Å². The molecule has 26 heavy (non-hydrogen) atoms. The van der Waals surface area contributed by atoms with E-state index >= 15 is 0 Å². The van der Waals surface area contributed by atoms with Crippen LogP contribution in [0.3, 0.4) is 0 Å². The summed E-state index contributed by atoms with van der Waals surface area (Å²) >= 11 is 0. The Morgan fingerprint density at radius 1 is 0.923 bits per heavy atom. The molecule has 0 unspecified atom stereocenters. The van der Waals surface area contributed by atoms with E-state index in [1.807, 2.05) is 12.1 Å². The van der Waals surface area contributed by atoms with Gasteiger partial charge in [0.2, 0.25) is 0 Å². The fourth-order valence-corrected chi connectivity index (χ4v) is 3.73. The predicted molar refractivity (Wildman–Crippen MR) is 104 cm³/mol. The zero-order chi connectivity index (χ0) is 17.0. The molecule has 0 aliphatic rings. The van der Waals surface area contributed by atoms with Crippen LogP contribution in [0.4, 0.5) is 0 Å². The van der Waals surface area contributed by atoms with Gasteiger partial charge >= 0.3 is 0 Å². The van der Waals surface area contributed by atoms with Gasteiger partial charge in [-0.1, -0.05) is 47.3 Å². The Hall–Kier alpha value is -2.48. The van der Waals surface area contributed by atoms with Crippen molar-refractivity contribution in [2.45, 2.75) is 13.8 Å². The Morgan fingerprint density at radius 3 is 2.58 bits per heavy atom. The van der Waals surface area contributed by atoms with Crippen molar-refractivity contribution < 1.29 is 20.1 Å². The second kappa shape index (κ2) is 6.35. The van der Waals surface area contributed by atoms with Crippen LogP contribution in [-0.2, 0) is 20.1 Å². The average Bonchev–Trinajstić information content (AvgIpc) is 3.07. The van der Waals surface area contributed by atoms with Gasteiger partial charge in [-0.3, -0.25) is 4.98 Å². The van der Waals surface area contributed by atoms with Crippen LogP contribution >= 0.6 is 0 Å². The Labute approximate surface area is 165 Å². The van der Waals surface area contributed by atoms with E-state index in [-0.39, 0.29) is 20.1 Å². The van der Waals surface area contributed by atoms with Crippen LogP contribution in [0.1, 0.15) is 11.1 Å². The van der Waals surface area contributed by atoms with Crippen molar-refractivity contribution in [1.82, 2.24) is 9.38 Å². The monoisotopic (exact) mass is 514 g/mol.